The summed E-state index contributed by atoms with van der Waals surface area (Å²) in [5.74, 6) is 0. The van der Waals surface area contributed by atoms with Gasteiger partial charge in [0.25, 0.3) is 7.55 Å². The summed E-state index contributed by atoms with van der Waals surface area (Å²) in [5, 5.41) is 2.06. The molecule has 2 rings (SSSR count). The van der Waals surface area contributed by atoms with E-state index in [9.17, 15) is 0 Å². The van der Waals surface area contributed by atoms with Crippen molar-refractivity contribution in [3.8, 4) is 0 Å². The van der Waals surface area contributed by atoms with Crippen molar-refractivity contribution in [1.29, 1.82) is 0 Å². The fraction of sp³-hybridized carbons (Fsp3) is 0. The molecule has 92 valence electrons. The molecule has 0 saturated heterocycles. The van der Waals surface area contributed by atoms with Crippen LogP contribution in [0.5, 0.6) is 0 Å². The normalized spacial score (nSPS) is 11.3. The molecular weight excluding hydrogens is 303 g/mol. The predicted molar refractivity (Wildman–Crippen MR) is 84.4 cm³/mol. The van der Waals surface area contributed by atoms with Gasteiger partial charge in [-0.15, -0.1) is 34.0 Å². The van der Waals surface area contributed by atoms with Gasteiger partial charge in [0.1, 0.15) is 0 Å². The minimum atomic E-state index is -2.61. The Labute approximate surface area is 123 Å². The van der Waals surface area contributed by atoms with E-state index >= 15 is 0 Å². The Kier molecular flexibility index (Phi) is 4.76. The highest BCUT2D eigenvalue weighted by Gasteiger charge is 2.38. The summed E-state index contributed by atoms with van der Waals surface area (Å²) >= 11 is 18.6. The molecule has 0 atom stereocenters. The van der Waals surface area contributed by atoms with Crippen LogP contribution >= 0.6 is 34.0 Å². The third kappa shape index (κ3) is 3.11. The van der Waals surface area contributed by atoms with Gasteiger partial charge in [0.05, 0.1) is 0 Å². The number of nitrogens with one attached hydrogen (secondary N) is 1. The monoisotopic (exact) mass is 313 g/mol. The van der Waals surface area contributed by atoms with Crippen molar-refractivity contribution in [3.63, 3.8) is 0 Å². The second kappa shape index (κ2) is 6.13. The van der Waals surface area contributed by atoms with Crippen LogP contribution in [0.4, 0.5) is 0 Å². The second-order valence-corrected chi connectivity index (χ2v) is 9.39. The number of hydrogen-bond donors (Lipinski definition) is 1. The quantitative estimate of drug-likeness (QED) is 0.675. The van der Waals surface area contributed by atoms with Gasteiger partial charge in [0, 0.05) is 0 Å². The zero-order valence-corrected chi connectivity index (χ0v) is 12.8. The molecular formula is C12H11BCl3NSi. The Bertz CT molecular complexity index is 456. The maximum atomic E-state index is 6.84. The Balaban J connectivity index is 2.48. The van der Waals surface area contributed by atoms with Crippen molar-refractivity contribution in [2.75, 3.05) is 0 Å². The highest BCUT2D eigenvalue weighted by molar-refractivity contribution is 7.43. The van der Waals surface area contributed by atoms with Gasteiger partial charge in [-0.25, -0.2) is 0 Å². The standard InChI is InChI=1S/C12H11BCl3NSi/c14-13(15)17-18(16,11-7-3-1-4-8-11)12-9-5-2-6-10-12/h1-10,17H. The topological polar surface area (TPSA) is 12.0 Å². The average Bonchev–Trinajstić information content (AvgIpc) is 2.40. The highest BCUT2D eigenvalue weighted by atomic mass is 35.6. The molecule has 0 heterocycles. The smallest absolute Gasteiger partial charge is 0.331 e. The lowest BCUT2D eigenvalue weighted by atomic mass is 10.4. The minimum Gasteiger partial charge on any atom is -0.331 e. The van der Waals surface area contributed by atoms with Crippen LogP contribution in [-0.2, 0) is 0 Å². The number of hydrogen-bond acceptors (Lipinski definition) is 1. The summed E-state index contributed by atoms with van der Waals surface area (Å²) in [7, 11) is -2.61. The summed E-state index contributed by atoms with van der Waals surface area (Å²) in [6.07, 6.45) is 0. The fourth-order valence-corrected chi connectivity index (χ4v) is 6.49. The van der Waals surface area contributed by atoms with E-state index in [1.54, 1.807) is 0 Å². The van der Waals surface area contributed by atoms with Crippen LogP contribution < -0.4 is 15.3 Å². The Morgan fingerprint density at radius 1 is 0.778 bits per heavy atom. The first-order chi connectivity index (χ1) is 8.63. The van der Waals surface area contributed by atoms with E-state index in [-0.39, 0.29) is 0 Å². The number of halogens is 3. The van der Waals surface area contributed by atoms with Crippen molar-refractivity contribution in [3.05, 3.63) is 60.7 Å². The van der Waals surface area contributed by atoms with Crippen LogP contribution in [-0.4, -0.2) is 13.2 Å². The Hall–Kier alpha value is -0.448. The third-order valence-corrected chi connectivity index (χ3v) is 7.82. The van der Waals surface area contributed by atoms with E-state index in [0.29, 0.717) is 0 Å². The lowest BCUT2D eigenvalue weighted by Gasteiger charge is -2.26. The summed E-state index contributed by atoms with van der Waals surface area (Å²) < 4.78 is 0. The van der Waals surface area contributed by atoms with Gasteiger partial charge in [0.2, 0.25) is 0 Å². The minimum absolute atomic E-state index is 0.699. The molecule has 0 bridgehead atoms. The van der Waals surface area contributed by atoms with E-state index < -0.39 is 13.2 Å². The highest BCUT2D eigenvalue weighted by Crippen LogP contribution is 2.10. The van der Waals surface area contributed by atoms with E-state index in [2.05, 4.69) is 4.89 Å². The molecule has 1 nitrogen and oxygen atoms in total. The van der Waals surface area contributed by atoms with E-state index in [1.807, 2.05) is 60.7 Å². The zero-order valence-electron chi connectivity index (χ0n) is 9.48. The molecule has 0 aliphatic heterocycles. The molecule has 18 heavy (non-hydrogen) atoms. The van der Waals surface area contributed by atoms with Crippen LogP contribution in [0.1, 0.15) is 0 Å². The first kappa shape index (κ1) is 14.0. The zero-order chi connectivity index (χ0) is 13.0. The molecule has 0 radical (unpaired) electrons. The SMILES string of the molecule is ClB(Cl)N[Si](Cl)(c1ccccc1)c1ccccc1. The summed E-state index contributed by atoms with van der Waals surface area (Å²) in [6, 6.07) is 19.7. The molecule has 0 saturated carbocycles. The van der Waals surface area contributed by atoms with Gasteiger partial charge in [0.15, 0.2) is 0 Å². The first-order valence-electron chi connectivity index (χ1n) is 5.49. The second-order valence-electron chi connectivity index (χ2n) is 3.84. The molecule has 1 N–H and O–H groups in total. The van der Waals surface area contributed by atoms with E-state index in [1.165, 1.54) is 0 Å². The van der Waals surface area contributed by atoms with Gasteiger partial charge in [-0.3, -0.25) is 0 Å². The van der Waals surface area contributed by atoms with E-state index in [0.717, 1.165) is 10.4 Å². The Morgan fingerprint density at radius 3 is 1.50 bits per heavy atom. The van der Waals surface area contributed by atoms with E-state index in [4.69, 9.17) is 34.0 Å². The largest absolute Gasteiger partial charge is 0.426 e. The predicted octanol–water partition coefficient (Wildman–Crippen LogP) is 2.53. The van der Waals surface area contributed by atoms with Crippen LogP contribution in [0.2, 0.25) is 0 Å². The van der Waals surface area contributed by atoms with Gasteiger partial charge in [-0.2, -0.15) is 0 Å². The van der Waals surface area contributed by atoms with Crippen molar-refractivity contribution in [2.24, 2.45) is 0 Å². The molecule has 0 fully saturated rings. The Morgan fingerprint density at radius 2 is 1.17 bits per heavy atom. The lowest BCUT2D eigenvalue weighted by Crippen LogP contribution is -2.66. The van der Waals surface area contributed by atoms with Gasteiger partial charge >= 0.3 is 5.68 Å². The average molecular weight is 314 g/mol. The lowest BCUT2D eigenvalue weighted by molar-refractivity contribution is 1.52. The van der Waals surface area contributed by atoms with Crippen LogP contribution in [0.3, 0.4) is 0 Å². The van der Waals surface area contributed by atoms with Crippen LogP contribution in [0.15, 0.2) is 60.7 Å². The fourth-order valence-electron chi connectivity index (χ4n) is 1.82. The van der Waals surface area contributed by atoms with Crippen molar-refractivity contribution >= 4 is 57.6 Å². The van der Waals surface area contributed by atoms with Crippen LogP contribution in [0, 0.1) is 0 Å². The molecule has 0 aromatic heterocycles. The third-order valence-electron chi connectivity index (χ3n) is 2.65. The molecule has 2 aromatic rings. The van der Waals surface area contributed by atoms with Gasteiger partial charge in [-0.1, -0.05) is 60.7 Å². The van der Waals surface area contributed by atoms with Crippen molar-refractivity contribution < 1.29 is 0 Å². The number of rotatable bonds is 4. The molecule has 0 aliphatic rings. The van der Waals surface area contributed by atoms with Crippen LogP contribution in [0.25, 0.3) is 0 Å². The van der Waals surface area contributed by atoms with Crippen molar-refractivity contribution in [2.45, 2.75) is 0 Å². The number of benzene rings is 2. The summed E-state index contributed by atoms with van der Waals surface area (Å²) in [4.78, 5) is 3.12. The molecule has 0 amide bonds. The summed E-state index contributed by atoms with van der Waals surface area (Å²) in [5.41, 5.74) is -0.699. The molecule has 6 heteroatoms. The van der Waals surface area contributed by atoms with Crippen molar-refractivity contribution in [1.82, 2.24) is 4.89 Å². The molecule has 0 spiro atoms. The molecule has 2 aromatic carbocycles. The maximum Gasteiger partial charge on any atom is 0.426 e. The maximum absolute atomic E-state index is 6.84. The molecule has 0 unspecified atom stereocenters. The summed E-state index contributed by atoms with van der Waals surface area (Å²) in [6.45, 7) is 0. The van der Waals surface area contributed by atoms with Gasteiger partial charge in [-0.05, 0) is 10.4 Å². The van der Waals surface area contributed by atoms with Gasteiger partial charge < -0.3 is 4.89 Å². The molecule has 0 aliphatic carbocycles. The first-order valence-corrected chi connectivity index (χ1v) is 9.37.